The molecule has 4 rings (SSSR count). The highest BCUT2D eigenvalue weighted by atomic mass is 32.2. The largest absolute Gasteiger partial charge is 0.493 e. The molecule has 0 radical (unpaired) electrons. The van der Waals surface area contributed by atoms with E-state index >= 15 is 0 Å². The molecule has 0 saturated carbocycles. The van der Waals surface area contributed by atoms with Gasteiger partial charge in [-0.25, -0.2) is 4.98 Å². The van der Waals surface area contributed by atoms with Gasteiger partial charge in [0.05, 0.1) is 24.8 Å². The van der Waals surface area contributed by atoms with Crippen molar-refractivity contribution in [1.82, 2.24) is 14.9 Å². The quantitative estimate of drug-likeness (QED) is 0.280. The van der Waals surface area contributed by atoms with Crippen LogP contribution in [0.15, 0.2) is 34.2 Å². The Balaban J connectivity index is 1.37. The van der Waals surface area contributed by atoms with Crippen LogP contribution in [0.5, 0.6) is 11.5 Å². The van der Waals surface area contributed by atoms with E-state index in [2.05, 4.69) is 12.2 Å². The molecule has 1 atom stereocenters. The van der Waals surface area contributed by atoms with Gasteiger partial charge in [0.1, 0.15) is 11.4 Å². The average molecular weight is 488 g/mol. The standard InChI is InChI=1S/C24H29N3O4S2/c1-4-27-23(29)21-16-10-9-15(2)13-19(16)33-22(21)26-24(27)32-14-20(28)25-11-12-31-18-8-6-5-7-17(18)30-3/h5-8,15H,4,9-14H2,1-3H3,(H,25,28)/t15-/m1/s1. The lowest BCUT2D eigenvalue weighted by Gasteiger charge is -2.17. The highest BCUT2D eigenvalue weighted by molar-refractivity contribution is 7.99. The van der Waals surface area contributed by atoms with Crippen LogP contribution < -0.4 is 20.3 Å². The number of hydrogen-bond donors (Lipinski definition) is 1. The minimum absolute atomic E-state index is 0.0164. The lowest BCUT2D eigenvalue weighted by atomic mass is 9.89. The summed E-state index contributed by atoms with van der Waals surface area (Å²) in [5, 5.41) is 4.24. The second-order valence-corrected chi connectivity index (χ2v) is 10.1. The van der Waals surface area contributed by atoms with Crippen molar-refractivity contribution in [3.05, 3.63) is 45.1 Å². The van der Waals surface area contributed by atoms with Crippen LogP contribution in [-0.2, 0) is 24.2 Å². The number of ether oxygens (including phenoxy) is 2. The van der Waals surface area contributed by atoms with Crippen molar-refractivity contribution < 1.29 is 14.3 Å². The Labute approximate surface area is 201 Å². The molecule has 0 unspecified atom stereocenters. The van der Waals surface area contributed by atoms with E-state index in [0.29, 0.717) is 42.3 Å². The number of methoxy groups -OCH3 is 1. The summed E-state index contributed by atoms with van der Waals surface area (Å²) in [5.41, 5.74) is 1.21. The second kappa shape index (κ2) is 10.6. The maximum absolute atomic E-state index is 13.2. The van der Waals surface area contributed by atoms with E-state index in [0.717, 1.165) is 29.5 Å². The monoisotopic (exact) mass is 487 g/mol. The van der Waals surface area contributed by atoms with E-state index in [9.17, 15) is 9.59 Å². The maximum Gasteiger partial charge on any atom is 0.263 e. The van der Waals surface area contributed by atoms with Crippen LogP contribution in [0.3, 0.4) is 0 Å². The summed E-state index contributed by atoms with van der Waals surface area (Å²) < 4.78 is 12.6. The lowest BCUT2D eigenvalue weighted by molar-refractivity contribution is -0.118. The summed E-state index contributed by atoms with van der Waals surface area (Å²) >= 11 is 2.94. The number of nitrogens with zero attached hydrogens (tertiary/aromatic N) is 2. The molecule has 1 aromatic carbocycles. The fourth-order valence-corrected chi connectivity index (χ4v) is 6.38. The minimum Gasteiger partial charge on any atom is -0.493 e. The highest BCUT2D eigenvalue weighted by Gasteiger charge is 2.24. The number of nitrogens with one attached hydrogen (secondary N) is 1. The molecule has 2 heterocycles. The molecule has 1 N–H and O–H groups in total. The summed E-state index contributed by atoms with van der Waals surface area (Å²) in [4.78, 5) is 32.5. The number of thiophene rings is 1. The Morgan fingerprint density at radius 3 is 2.88 bits per heavy atom. The van der Waals surface area contributed by atoms with Crippen LogP contribution in [-0.4, -0.2) is 41.5 Å². The third kappa shape index (κ3) is 5.19. The van der Waals surface area contributed by atoms with E-state index in [1.54, 1.807) is 23.0 Å². The van der Waals surface area contributed by atoms with Crippen LogP contribution >= 0.6 is 23.1 Å². The van der Waals surface area contributed by atoms with Crippen LogP contribution in [0.4, 0.5) is 0 Å². The Hall–Kier alpha value is -2.52. The first-order chi connectivity index (χ1) is 16.0. The molecule has 176 valence electrons. The van der Waals surface area contributed by atoms with Crippen molar-refractivity contribution >= 4 is 39.2 Å². The zero-order valence-electron chi connectivity index (χ0n) is 19.2. The van der Waals surface area contributed by atoms with Crippen molar-refractivity contribution in [1.29, 1.82) is 0 Å². The Kier molecular flexibility index (Phi) is 7.60. The highest BCUT2D eigenvalue weighted by Crippen LogP contribution is 2.36. The molecule has 0 bridgehead atoms. The predicted molar refractivity (Wildman–Crippen MR) is 133 cm³/mol. The summed E-state index contributed by atoms with van der Waals surface area (Å²) in [7, 11) is 1.59. The van der Waals surface area contributed by atoms with E-state index in [1.807, 2.05) is 31.2 Å². The zero-order valence-corrected chi connectivity index (χ0v) is 20.8. The van der Waals surface area contributed by atoms with Gasteiger partial charge in [0.15, 0.2) is 16.7 Å². The Morgan fingerprint density at radius 1 is 1.33 bits per heavy atom. The zero-order chi connectivity index (χ0) is 23.4. The van der Waals surface area contributed by atoms with Gasteiger partial charge in [0.2, 0.25) is 5.91 Å². The second-order valence-electron chi connectivity index (χ2n) is 8.11. The van der Waals surface area contributed by atoms with Crippen LogP contribution in [0.2, 0.25) is 0 Å². The number of aromatic nitrogens is 2. The third-order valence-corrected chi connectivity index (χ3v) is 7.90. The SMILES string of the molecule is CCn1c(SCC(=O)NCCOc2ccccc2OC)nc2sc3c(c2c1=O)CC[C@@H](C)C3. The van der Waals surface area contributed by atoms with Crippen molar-refractivity contribution in [3.63, 3.8) is 0 Å². The van der Waals surface area contributed by atoms with E-state index < -0.39 is 0 Å². The minimum atomic E-state index is -0.125. The van der Waals surface area contributed by atoms with Crippen molar-refractivity contribution in [2.45, 2.75) is 44.8 Å². The summed E-state index contributed by atoms with van der Waals surface area (Å²) in [5.74, 6) is 2.00. The van der Waals surface area contributed by atoms with Crippen molar-refractivity contribution in [3.8, 4) is 11.5 Å². The van der Waals surface area contributed by atoms with Crippen LogP contribution in [0, 0.1) is 5.92 Å². The number of carbonyl (C=O) groups excluding carboxylic acids is 1. The fraction of sp³-hybridized carbons (Fsp3) is 0.458. The third-order valence-electron chi connectivity index (χ3n) is 5.78. The van der Waals surface area contributed by atoms with Gasteiger partial charge in [-0.15, -0.1) is 11.3 Å². The molecule has 0 aliphatic heterocycles. The number of para-hydroxylation sites is 2. The number of amides is 1. The molecule has 33 heavy (non-hydrogen) atoms. The van der Waals surface area contributed by atoms with Gasteiger partial charge in [-0.05, 0) is 49.8 Å². The first kappa shape index (κ1) is 23.6. The molecule has 1 aliphatic carbocycles. The van der Waals surface area contributed by atoms with Gasteiger partial charge in [-0.1, -0.05) is 30.8 Å². The number of carbonyl (C=O) groups is 1. The molecule has 3 aromatic rings. The number of thioether (sulfide) groups is 1. The van der Waals surface area contributed by atoms with E-state index in [-0.39, 0.29) is 17.2 Å². The smallest absolute Gasteiger partial charge is 0.263 e. The average Bonchev–Trinajstić information content (AvgIpc) is 3.18. The number of benzene rings is 1. The van der Waals surface area contributed by atoms with Crippen molar-refractivity contribution in [2.24, 2.45) is 5.92 Å². The lowest BCUT2D eigenvalue weighted by Crippen LogP contribution is -2.30. The van der Waals surface area contributed by atoms with Crippen LogP contribution in [0.1, 0.15) is 30.7 Å². The van der Waals surface area contributed by atoms with Gasteiger partial charge in [-0.2, -0.15) is 0 Å². The first-order valence-corrected chi connectivity index (χ1v) is 13.0. The maximum atomic E-state index is 13.2. The summed E-state index contributed by atoms with van der Waals surface area (Å²) in [6.45, 7) is 5.43. The number of fused-ring (bicyclic) bond motifs is 3. The van der Waals surface area contributed by atoms with Gasteiger partial charge < -0.3 is 14.8 Å². The van der Waals surface area contributed by atoms with Gasteiger partial charge >= 0.3 is 0 Å². The molecule has 1 aliphatic rings. The predicted octanol–water partition coefficient (Wildman–Crippen LogP) is 3.90. The molecule has 2 aromatic heterocycles. The molecule has 9 heteroatoms. The first-order valence-electron chi connectivity index (χ1n) is 11.2. The summed E-state index contributed by atoms with van der Waals surface area (Å²) in [6.07, 6.45) is 3.08. The summed E-state index contributed by atoms with van der Waals surface area (Å²) in [6, 6.07) is 7.39. The van der Waals surface area contributed by atoms with E-state index in [1.165, 1.54) is 22.2 Å². The van der Waals surface area contributed by atoms with E-state index in [4.69, 9.17) is 14.5 Å². The van der Waals surface area contributed by atoms with Gasteiger partial charge in [-0.3, -0.25) is 14.2 Å². The molecule has 0 fully saturated rings. The number of hydrogen-bond acceptors (Lipinski definition) is 7. The topological polar surface area (TPSA) is 82.5 Å². The number of rotatable bonds is 9. The normalized spacial score (nSPS) is 15.3. The molecular weight excluding hydrogens is 458 g/mol. The Bertz CT molecular complexity index is 1200. The van der Waals surface area contributed by atoms with Gasteiger partial charge in [0, 0.05) is 11.4 Å². The number of aryl methyl sites for hydroxylation is 1. The Morgan fingerprint density at radius 2 is 2.12 bits per heavy atom. The fourth-order valence-electron chi connectivity index (χ4n) is 4.06. The van der Waals surface area contributed by atoms with Crippen molar-refractivity contribution in [2.75, 3.05) is 26.0 Å². The van der Waals surface area contributed by atoms with Gasteiger partial charge in [0.25, 0.3) is 5.56 Å². The molecule has 0 saturated heterocycles. The molecular formula is C24H29N3O4S2. The molecule has 7 nitrogen and oxygen atoms in total. The van der Waals surface area contributed by atoms with Crippen LogP contribution in [0.25, 0.3) is 10.2 Å². The molecule has 0 spiro atoms. The molecule has 1 amide bonds.